The Labute approximate surface area is 134 Å². The molecule has 1 saturated carbocycles. The summed E-state index contributed by atoms with van der Waals surface area (Å²) in [6, 6.07) is 2.78. The molecule has 1 N–H and O–H groups in total. The van der Waals surface area contributed by atoms with Gasteiger partial charge in [-0.3, -0.25) is 4.79 Å². The number of halogens is 2. The predicted molar refractivity (Wildman–Crippen MR) is 83.5 cm³/mol. The highest BCUT2D eigenvalue weighted by Gasteiger charge is 2.40. The predicted octanol–water partition coefficient (Wildman–Crippen LogP) is 3.50. The fourth-order valence-electron chi connectivity index (χ4n) is 2.25. The third-order valence-corrected chi connectivity index (χ3v) is 6.04. The fourth-order valence-corrected chi connectivity index (χ4v) is 3.79. The van der Waals surface area contributed by atoms with E-state index < -0.39 is 9.05 Å². The molecule has 1 amide bonds. The number of amides is 1. The second-order valence-corrected chi connectivity index (χ2v) is 8.49. The van der Waals surface area contributed by atoms with Crippen LogP contribution in [0.3, 0.4) is 0 Å². The number of benzene rings is 1. The Bertz CT molecular complexity index is 682. The first-order valence-electron chi connectivity index (χ1n) is 6.71. The van der Waals surface area contributed by atoms with Crippen LogP contribution in [0.25, 0.3) is 0 Å². The summed E-state index contributed by atoms with van der Waals surface area (Å²) in [5, 5.41) is 2.91. The van der Waals surface area contributed by atoms with Gasteiger partial charge in [-0.05, 0) is 49.3 Å². The molecule has 7 heteroatoms. The number of hydrogen-bond donors (Lipinski definition) is 1. The highest BCUT2D eigenvalue weighted by molar-refractivity contribution is 8.13. The highest BCUT2D eigenvalue weighted by Crippen LogP contribution is 2.47. The van der Waals surface area contributed by atoms with Crippen LogP contribution in [0.4, 0.5) is 0 Å². The number of carbonyl (C=O) groups excluding carboxylic acids is 1. The van der Waals surface area contributed by atoms with Crippen molar-refractivity contribution in [3.05, 3.63) is 28.3 Å². The third kappa shape index (κ3) is 3.71. The quantitative estimate of drug-likeness (QED) is 0.827. The van der Waals surface area contributed by atoms with Gasteiger partial charge in [-0.15, -0.1) is 0 Å². The molecule has 116 valence electrons. The van der Waals surface area contributed by atoms with E-state index in [-0.39, 0.29) is 26.8 Å². The van der Waals surface area contributed by atoms with Crippen molar-refractivity contribution in [1.82, 2.24) is 5.32 Å². The molecule has 0 radical (unpaired) electrons. The van der Waals surface area contributed by atoms with E-state index in [1.54, 1.807) is 13.0 Å². The monoisotopic (exact) mass is 349 g/mol. The molecule has 0 aromatic heterocycles. The summed E-state index contributed by atoms with van der Waals surface area (Å²) >= 11 is 5.94. The molecule has 0 heterocycles. The Morgan fingerprint density at radius 2 is 2.00 bits per heavy atom. The van der Waals surface area contributed by atoms with Gasteiger partial charge in [-0.2, -0.15) is 0 Å². The molecule has 4 nitrogen and oxygen atoms in total. The average Bonchev–Trinajstić information content (AvgIpc) is 3.18. The van der Waals surface area contributed by atoms with E-state index in [9.17, 15) is 13.2 Å². The second-order valence-electron chi connectivity index (χ2n) is 5.58. The first-order chi connectivity index (χ1) is 9.68. The Hall–Kier alpha value is -0.780. The fraction of sp³-hybridized carbons (Fsp3) is 0.500. The van der Waals surface area contributed by atoms with Crippen LogP contribution in [0.1, 0.15) is 42.1 Å². The Morgan fingerprint density at radius 3 is 2.48 bits per heavy atom. The number of nitrogens with one attached hydrogen (secondary N) is 1. The van der Waals surface area contributed by atoms with E-state index in [1.807, 2.05) is 0 Å². The molecule has 1 fully saturated rings. The van der Waals surface area contributed by atoms with Gasteiger partial charge in [-0.25, -0.2) is 8.42 Å². The van der Waals surface area contributed by atoms with Crippen molar-refractivity contribution in [3.63, 3.8) is 0 Å². The normalized spacial score (nSPS) is 16.6. The van der Waals surface area contributed by atoms with Crippen LogP contribution in [-0.2, 0) is 9.05 Å². The SMILES string of the molecule is CCC1(CNC(=O)c2cc(C)c(Cl)c(S(=O)(=O)Cl)c2)CC1. The van der Waals surface area contributed by atoms with Crippen molar-refractivity contribution < 1.29 is 13.2 Å². The minimum absolute atomic E-state index is 0.0498. The third-order valence-electron chi connectivity index (χ3n) is 4.08. The minimum atomic E-state index is -3.99. The van der Waals surface area contributed by atoms with Gasteiger partial charge in [-0.1, -0.05) is 18.5 Å². The molecule has 1 aliphatic carbocycles. The molecular formula is C14H17Cl2NO3S. The lowest BCUT2D eigenvalue weighted by Crippen LogP contribution is -2.30. The largest absolute Gasteiger partial charge is 0.351 e. The molecule has 1 aromatic rings. The number of hydrogen-bond acceptors (Lipinski definition) is 3. The van der Waals surface area contributed by atoms with Crippen LogP contribution < -0.4 is 5.32 Å². The van der Waals surface area contributed by atoms with E-state index in [1.165, 1.54) is 6.07 Å². The summed E-state index contributed by atoms with van der Waals surface area (Å²) in [5.41, 5.74) is 0.974. The highest BCUT2D eigenvalue weighted by atomic mass is 35.7. The van der Waals surface area contributed by atoms with Gasteiger partial charge < -0.3 is 5.32 Å². The van der Waals surface area contributed by atoms with Gasteiger partial charge in [0.2, 0.25) is 0 Å². The Balaban J connectivity index is 2.24. The number of aryl methyl sites for hydroxylation is 1. The van der Waals surface area contributed by atoms with Crippen molar-refractivity contribution in [3.8, 4) is 0 Å². The van der Waals surface area contributed by atoms with E-state index in [2.05, 4.69) is 12.2 Å². The molecule has 0 unspecified atom stereocenters. The summed E-state index contributed by atoms with van der Waals surface area (Å²) in [4.78, 5) is 12.0. The molecule has 0 aliphatic heterocycles. The van der Waals surface area contributed by atoms with Crippen LogP contribution in [-0.4, -0.2) is 20.9 Å². The molecule has 0 saturated heterocycles. The Kier molecular flexibility index (Phi) is 4.57. The first kappa shape index (κ1) is 16.6. The zero-order chi connectivity index (χ0) is 15.8. The summed E-state index contributed by atoms with van der Waals surface area (Å²) in [7, 11) is 1.36. The maximum absolute atomic E-state index is 12.2. The summed E-state index contributed by atoms with van der Waals surface area (Å²) in [6.07, 6.45) is 3.25. The molecule has 0 bridgehead atoms. The summed E-state index contributed by atoms with van der Waals surface area (Å²) in [6.45, 7) is 4.34. The van der Waals surface area contributed by atoms with E-state index in [0.717, 1.165) is 19.3 Å². The number of rotatable bonds is 5. The second kappa shape index (κ2) is 5.78. The molecule has 0 spiro atoms. The van der Waals surface area contributed by atoms with E-state index in [4.69, 9.17) is 22.3 Å². The van der Waals surface area contributed by atoms with Crippen LogP contribution in [0.2, 0.25) is 5.02 Å². The average molecular weight is 350 g/mol. The topological polar surface area (TPSA) is 63.2 Å². The summed E-state index contributed by atoms with van der Waals surface area (Å²) in [5.74, 6) is -0.309. The van der Waals surface area contributed by atoms with Crippen molar-refractivity contribution in [1.29, 1.82) is 0 Å². The maximum atomic E-state index is 12.2. The maximum Gasteiger partial charge on any atom is 0.262 e. The zero-order valence-electron chi connectivity index (χ0n) is 11.9. The van der Waals surface area contributed by atoms with Gasteiger partial charge in [0.25, 0.3) is 15.0 Å². The lowest BCUT2D eigenvalue weighted by molar-refractivity contribution is 0.0944. The molecular weight excluding hydrogens is 333 g/mol. The summed E-state index contributed by atoms with van der Waals surface area (Å²) < 4.78 is 23.0. The van der Waals surface area contributed by atoms with Gasteiger partial charge >= 0.3 is 0 Å². The molecule has 1 aliphatic rings. The van der Waals surface area contributed by atoms with Crippen molar-refractivity contribution in [2.75, 3.05) is 6.54 Å². The van der Waals surface area contributed by atoms with Gasteiger partial charge in [0.05, 0.1) is 5.02 Å². The Morgan fingerprint density at radius 1 is 1.38 bits per heavy atom. The van der Waals surface area contributed by atoms with Gasteiger partial charge in [0.1, 0.15) is 4.90 Å². The van der Waals surface area contributed by atoms with Crippen molar-refractivity contribution >= 4 is 37.2 Å². The minimum Gasteiger partial charge on any atom is -0.351 e. The molecule has 0 atom stereocenters. The first-order valence-corrected chi connectivity index (χ1v) is 9.40. The van der Waals surface area contributed by atoms with E-state index in [0.29, 0.717) is 12.1 Å². The van der Waals surface area contributed by atoms with Gasteiger partial charge in [0.15, 0.2) is 0 Å². The number of carbonyl (C=O) groups is 1. The molecule has 1 aromatic carbocycles. The molecule has 2 rings (SSSR count). The smallest absolute Gasteiger partial charge is 0.262 e. The molecule has 21 heavy (non-hydrogen) atoms. The lowest BCUT2D eigenvalue weighted by Gasteiger charge is -2.14. The standard InChI is InChI=1S/C14H17Cl2NO3S/c1-3-14(4-5-14)8-17-13(18)10-6-9(2)12(15)11(7-10)21(16,19)20/h6-7H,3-5,8H2,1-2H3,(H,17,18). The van der Waals surface area contributed by atoms with E-state index >= 15 is 0 Å². The van der Waals surface area contributed by atoms with Crippen molar-refractivity contribution in [2.45, 2.75) is 38.0 Å². The van der Waals surface area contributed by atoms with Crippen LogP contribution in [0, 0.1) is 12.3 Å². The van der Waals surface area contributed by atoms with Gasteiger partial charge in [0, 0.05) is 22.8 Å². The lowest BCUT2D eigenvalue weighted by atomic mass is 10.0. The van der Waals surface area contributed by atoms with Crippen molar-refractivity contribution in [2.24, 2.45) is 5.41 Å². The van der Waals surface area contributed by atoms with Crippen LogP contribution >= 0.6 is 22.3 Å². The van der Waals surface area contributed by atoms with Crippen LogP contribution in [0.5, 0.6) is 0 Å². The van der Waals surface area contributed by atoms with Crippen LogP contribution in [0.15, 0.2) is 17.0 Å². The zero-order valence-corrected chi connectivity index (χ0v) is 14.2.